The normalized spacial score (nSPS) is 12.9. The Labute approximate surface area is 109 Å². The highest BCUT2D eigenvalue weighted by Gasteiger charge is 2.25. The summed E-state index contributed by atoms with van der Waals surface area (Å²) in [5, 5.41) is 11.8. The Morgan fingerprint density at radius 2 is 1.89 bits per heavy atom. The van der Waals surface area contributed by atoms with E-state index in [0.717, 1.165) is 0 Å². The summed E-state index contributed by atoms with van der Waals surface area (Å²) < 4.78 is 4.75. The lowest BCUT2D eigenvalue weighted by Crippen LogP contribution is -2.44. The third kappa shape index (κ3) is 7.27. The van der Waals surface area contributed by atoms with Crippen LogP contribution < -0.4 is 5.32 Å². The lowest BCUT2D eigenvalue weighted by Gasteiger charge is -2.31. The van der Waals surface area contributed by atoms with E-state index in [4.69, 9.17) is 9.84 Å². The van der Waals surface area contributed by atoms with Crippen molar-refractivity contribution in [3.63, 3.8) is 0 Å². The predicted octanol–water partition coefficient (Wildman–Crippen LogP) is 1.24. The number of nitrogens with one attached hydrogen (secondary N) is 1. The van der Waals surface area contributed by atoms with Crippen LogP contribution in [0.5, 0.6) is 0 Å². The third-order valence-corrected chi connectivity index (χ3v) is 2.66. The highest BCUT2D eigenvalue weighted by atomic mass is 16.5. The minimum absolute atomic E-state index is 0.0279. The van der Waals surface area contributed by atoms with Crippen LogP contribution in [0.1, 0.15) is 47.0 Å². The quantitative estimate of drug-likeness (QED) is 0.675. The number of aliphatic hydroxyl groups is 1. The fraction of sp³-hybridized carbons (Fsp3) is 0.846. The van der Waals surface area contributed by atoms with E-state index >= 15 is 0 Å². The zero-order valence-corrected chi connectivity index (χ0v) is 11.8. The minimum Gasteiger partial charge on any atom is -0.466 e. The second kappa shape index (κ2) is 8.08. The monoisotopic (exact) mass is 259 g/mol. The van der Waals surface area contributed by atoms with Gasteiger partial charge in [0.2, 0.25) is 5.91 Å². The van der Waals surface area contributed by atoms with Crippen molar-refractivity contribution in [3.05, 3.63) is 0 Å². The molecule has 0 aromatic carbocycles. The van der Waals surface area contributed by atoms with Crippen LogP contribution in [0.3, 0.4) is 0 Å². The molecule has 0 aliphatic rings. The van der Waals surface area contributed by atoms with Crippen LogP contribution in [0.25, 0.3) is 0 Å². The first-order chi connectivity index (χ1) is 8.31. The van der Waals surface area contributed by atoms with E-state index in [1.165, 1.54) is 0 Å². The van der Waals surface area contributed by atoms with Crippen LogP contribution in [0.2, 0.25) is 0 Å². The maximum Gasteiger partial charge on any atom is 0.306 e. The smallest absolute Gasteiger partial charge is 0.306 e. The lowest BCUT2D eigenvalue weighted by molar-refractivity contribution is -0.144. The van der Waals surface area contributed by atoms with Crippen LogP contribution in [0.15, 0.2) is 0 Å². The van der Waals surface area contributed by atoms with Crippen molar-refractivity contribution in [1.29, 1.82) is 0 Å². The summed E-state index contributed by atoms with van der Waals surface area (Å²) in [5.74, 6) is -0.543. The Kier molecular flexibility index (Phi) is 7.59. The largest absolute Gasteiger partial charge is 0.466 e. The summed E-state index contributed by atoms with van der Waals surface area (Å²) in [6.07, 6.45) is 0.723. The van der Waals surface area contributed by atoms with Gasteiger partial charge in [0.15, 0.2) is 0 Å². The van der Waals surface area contributed by atoms with E-state index in [1.807, 2.05) is 20.8 Å². The van der Waals surface area contributed by atoms with Gasteiger partial charge in [-0.3, -0.25) is 9.59 Å². The molecule has 0 heterocycles. The van der Waals surface area contributed by atoms with Gasteiger partial charge >= 0.3 is 5.97 Å². The van der Waals surface area contributed by atoms with Crippen LogP contribution in [-0.2, 0) is 14.3 Å². The molecule has 0 aromatic heterocycles. The average Bonchev–Trinajstić information content (AvgIpc) is 2.25. The van der Waals surface area contributed by atoms with Gasteiger partial charge in [-0.25, -0.2) is 0 Å². The number of hydrogen-bond acceptors (Lipinski definition) is 4. The van der Waals surface area contributed by atoms with Gasteiger partial charge in [0.1, 0.15) is 0 Å². The molecule has 0 aromatic rings. The fourth-order valence-corrected chi connectivity index (χ4v) is 1.57. The number of esters is 1. The Morgan fingerprint density at radius 1 is 1.28 bits per heavy atom. The van der Waals surface area contributed by atoms with Gasteiger partial charge in [0, 0.05) is 19.1 Å². The molecule has 0 saturated heterocycles. The first-order valence-corrected chi connectivity index (χ1v) is 6.37. The summed E-state index contributed by atoms with van der Waals surface area (Å²) in [6.45, 7) is 8.08. The van der Waals surface area contributed by atoms with Crippen LogP contribution >= 0.6 is 0 Å². The van der Waals surface area contributed by atoms with Gasteiger partial charge in [0.25, 0.3) is 0 Å². The Bertz CT molecular complexity index is 271. The SMILES string of the molecule is CCOC(=O)CCC(=O)NC(CCO)C(C)(C)C. The molecule has 1 amide bonds. The van der Waals surface area contributed by atoms with Crippen LogP contribution in [0.4, 0.5) is 0 Å². The standard InChI is InChI=1S/C13H25NO4/c1-5-18-12(17)7-6-11(16)14-10(8-9-15)13(2,3)4/h10,15H,5-9H2,1-4H3,(H,14,16). The number of rotatable bonds is 7. The molecule has 0 rings (SSSR count). The van der Waals surface area contributed by atoms with E-state index in [2.05, 4.69) is 5.32 Å². The molecule has 18 heavy (non-hydrogen) atoms. The average molecular weight is 259 g/mol. The number of carbonyl (C=O) groups excluding carboxylic acids is 2. The maximum absolute atomic E-state index is 11.7. The molecular formula is C13H25NO4. The number of amides is 1. The van der Waals surface area contributed by atoms with E-state index in [1.54, 1.807) is 6.92 Å². The molecule has 0 bridgehead atoms. The van der Waals surface area contributed by atoms with Crippen molar-refractivity contribution in [2.45, 2.75) is 53.0 Å². The van der Waals surface area contributed by atoms with Crippen LogP contribution in [-0.4, -0.2) is 36.2 Å². The predicted molar refractivity (Wildman–Crippen MR) is 69.0 cm³/mol. The van der Waals surface area contributed by atoms with Crippen molar-refractivity contribution in [1.82, 2.24) is 5.32 Å². The highest BCUT2D eigenvalue weighted by Crippen LogP contribution is 2.21. The number of aliphatic hydroxyl groups excluding tert-OH is 1. The third-order valence-electron chi connectivity index (χ3n) is 2.66. The lowest BCUT2D eigenvalue weighted by atomic mass is 9.85. The number of carbonyl (C=O) groups is 2. The van der Waals surface area contributed by atoms with Gasteiger partial charge in [-0.1, -0.05) is 20.8 Å². The fourth-order valence-electron chi connectivity index (χ4n) is 1.57. The summed E-state index contributed by atoms with van der Waals surface area (Å²) in [4.78, 5) is 22.8. The van der Waals surface area contributed by atoms with Gasteiger partial charge in [0.05, 0.1) is 13.0 Å². The van der Waals surface area contributed by atoms with Crippen molar-refractivity contribution < 1.29 is 19.4 Å². The molecule has 0 aliphatic heterocycles. The van der Waals surface area contributed by atoms with Gasteiger partial charge < -0.3 is 15.2 Å². The molecule has 1 unspecified atom stereocenters. The van der Waals surface area contributed by atoms with Crippen LogP contribution in [0, 0.1) is 5.41 Å². The summed E-state index contributed by atoms with van der Waals surface area (Å²) >= 11 is 0. The number of hydrogen-bond donors (Lipinski definition) is 2. The zero-order chi connectivity index (χ0) is 14.2. The molecule has 106 valence electrons. The summed E-state index contributed by atoms with van der Waals surface area (Å²) in [7, 11) is 0. The van der Waals surface area contributed by atoms with E-state index in [9.17, 15) is 9.59 Å². The van der Waals surface area contributed by atoms with E-state index < -0.39 is 0 Å². The van der Waals surface area contributed by atoms with E-state index in [-0.39, 0.29) is 42.8 Å². The molecule has 0 fully saturated rings. The number of ether oxygens (including phenoxy) is 1. The molecule has 0 radical (unpaired) electrons. The second-order valence-electron chi connectivity index (χ2n) is 5.30. The molecule has 0 saturated carbocycles. The second-order valence-corrected chi connectivity index (χ2v) is 5.30. The Morgan fingerprint density at radius 3 is 2.33 bits per heavy atom. The van der Waals surface area contributed by atoms with Gasteiger partial charge in [-0.2, -0.15) is 0 Å². The van der Waals surface area contributed by atoms with Crippen molar-refractivity contribution in [2.75, 3.05) is 13.2 Å². The summed E-state index contributed by atoms with van der Waals surface area (Å²) in [5.41, 5.74) is -0.123. The molecule has 1 atom stereocenters. The van der Waals surface area contributed by atoms with Gasteiger partial charge in [-0.15, -0.1) is 0 Å². The molecule has 0 spiro atoms. The Balaban J connectivity index is 4.15. The van der Waals surface area contributed by atoms with Crippen molar-refractivity contribution >= 4 is 11.9 Å². The molecule has 0 aliphatic carbocycles. The maximum atomic E-state index is 11.7. The zero-order valence-electron chi connectivity index (χ0n) is 11.8. The van der Waals surface area contributed by atoms with E-state index in [0.29, 0.717) is 13.0 Å². The van der Waals surface area contributed by atoms with Crippen molar-refractivity contribution in [3.8, 4) is 0 Å². The molecular weight excluding hydrogens is 234 g/mol. The first kappa shape index (κ1) is 16.9. The summed E-state index contributed by atoms with van der Waals surface area (Å²) in [6, 6.07) is -0.0998. The highest BCUT2D eigenvalue weighted by molar-refractivity contribution is 5.81. The topological polar surface area (TPSA) is 75.6 Å². The molecule has 5 nitrogen and oxygen atoms in total. The van der Waals surface area contributed by atoms with Crippen molar-refractivity contribution in [2.24, 2.45) is 5.41 Å². The first-order valence-electron chi connectivity index (χ1n) is 6.37. The minimum atomic E-state index is -0.359. The van der Waals surface area contributed by atoms with Gasteiger partial charge in [-0.05, 0) is 18.8 Å². The Hall–Kier alpha value is -1.10. The molecule has 5 heteroatoms. The molecule has 2 N–H and O–H groups in total.